The Morgan fingerprint density at radius 3 is 2.37 bits per heavy atom. The van der Waals surface area contributed by atoms with Crippen molar-refractivity contribution < 1.29 is 28.9 Å². The number of ether oxygens (including phenoxy) is 3. The van der Waals surface area contributed by atoms with Crippen molar-refractivity contribution in [1.82, 2.24) is 0 Å². The lowest BCUT2D eigenvalue weighted by molar-refractivity contribution is -0.132. The molecule has 1 aliphatic rings. The molecule has 38 heavy (non-hydrogen) atoms. The average Bonchev–Trinajstić information content (AvgIpc) is 3.22. The predicted octanol–water partition coefficient (Wildman–Crippen LogP) is 5.88. The number of fused-ring (bicyclic) bond motifs is 1. The number of hydrogen-bond donors (Lipinski definition) is 1. The first-order valence-corrected chi connectivity index (χ1v) is 12.2. The van der Waals surface area contributed by atoms with Crippen molar-refractivity contribution in [3.63, 3.8) is 0 Å². The Morgan fingerprint density at radius 2 is 1.61 bits per heavy atom. The third-order valence-corrected chi connectivity index (χ3v) is 6.62. The number of rotatable bonds is 7. The molecule has 4 aromatic carbocycles. The maximum absolute atomic E-state index is 13.6. The molecule has 1 fully saturated rings. The van der Waals surface area contributed by atoms with Crippen LogP contribution in [0.3, 0.4) is 0 Å². The van der Waals surface area contributed by atoms with E-state index >= 15 is 0 Å². The smallest absolute Gasteiger partial charge is 0.300 e. The number of benzene rings is 4. The third-order valence-electron chi connectivity index (χ3n) is 6.62. The highest BCUT2D eigenvalue weighted by Gasteiger charge is 2.47. The van der Waals surface area contributed by atoms with Gasteiger partial charge in [-0.2, -0.15) is 0 Å². The van der Waals surface area contributed by atoms with Crippen molar-refractivity contribution in [2.75, 3.05) is 25.7 Å². The number of anilines is 1. The van der Waals surface area contributed by atoms with Crippen molar-refractivity contribution in [1.29, 1.82) is 0 Å². The topological polar surface area (TPSA) is 85.3 Å². The SMILES string of the molecule is CCOc1cccc(N2C(=O)C(=O)/C(=C(/O)c3cccc4ccccc34)C2c2ccc(OC)c(OC)c2)c1. The molecule has 0 spiro atoms. The van der Waals surface area contributed by atoms with Crippen molar-refractivity contribution in [3.05, 3.63) is 102 Å². The fraction of sp³-hybridized carbons (Fsp3) is 0.161. The van der Waals surface area contributed by atoms with Crippen molar-refractivity contribution in [3.8, 4) is 17.2 Å². The molecule has 1 amide bonds. The van der Waals surface area contributed by atoms with Crippen LogP contribution in [-0.4, -0.2) is 37.6 Å². The van der Waals surface area contributed by atoms with E-state index in [1.54, 1.807) is 48.5 Å². The van der Waals surface area contributed by atoms with Gasteiger partial charge in [0.1, 0.15) is 11.5 Å². The highest BCUT2D eigenvalue weighted by molar-refractivity contribution is 6.51. The van der Waals surface area contributed by atoms with E-state index in [4.69, 9.17) is 14.2 Å². The van der Waals surface area contributed by atoms with E-state index in [0.29, 0.717) is 40.7 Å². The molecule has 7 nitrogen and oxygen atoms in total. The molecule has 1 unspecified atom stereocenters. The van der Waals surface area contributed by atoms with Gasteiger partial charge in [-0.25, -0.2) is 0 Å². The molecule has 0 bridgehead atoms. The number of aliphatic hydroxyl groups is 1. The number of hydrogen-bond acceptors (Lipinski definition) is 6. The number of carbonyl (C=O) groups excluding carboxylic acids is 2. The standard InChI is InChI=1S/C31H27NO6/c1-4-38-22-12-8-11-21(18-22)32-28(20-15-16-25(36-2)26(17-20)37-3)27(30(34)31(32)35)29(33)24-14-7-10-19-9-5-6-13-23(19)24/h5-18,28,33H,4H2,1-3H3/b29-27+. The number of ketones is 1. The quantitative estimate of drug-likeness (QED) is 0.190. The molecule has 4 aromatic rings. The van der Waals surface area contributed by atoms with E-state index in [2.05, 4.69) is 0 Å². The van der Waals surface area contributed by atoms with Crippen LogP contribution in [0.1, 0.15) is 24.1 Å². The molecule has 1 heterocycles. The molecule has 0 aliphatic carbocycles. The zero-order valence-electron chi connectivity index (χ0n) is 21.3. The van der Waals surface area contributed by atoms with Crippen LogP contribution in [0.25, 0.3) is 16.5 Å². The van der Waals surface area contributed by atoms with Gasteiger partial charge in [-0.3, -0.25) is 14.5 Å². The van der Waals surface area contributed by atoms with Crippen LogP contribution in [-0.2, 0) is 9.59 Å². The molecule has 7 heteroatoms. The van der Waals surface area contributed by atoms with Crippen LogP contribution in [0, 0.1) is 0 Å². The minimum Gasteiger partial charge on any atom is -0.507 e. The summed E-state index contributed by atoms with van der Waals surface area (Å²) in [6.07, 6.45) is 0. The van der Waals surface area contributed by atoms with Gasteiger partial charge in [0.15, 0.2) is 11.5 Å². The number of amides is 1. The summed E-state index contributed by atoms with van der Waals surface area (Å²) in [5.41, 5.74) is 1.50. The van der Waals surface area contributed by atoms with Crippen molar-refractivity contribution in [2.45, 2.75) is 13.0 Å². The maximum atomic E-state index is 13.6. The van der Waals surface area contributed by atoms with Gasteiger partial charge in [-0.15, -0.1) is 0 Å². The molecule has 5 rings (SSSR count). The average molecular weight is 510 g/mol. The normalized spacial score (nSPS) is 16.6. The number of aliphatic hydroxyl groups excluding tert-OH is 1. The first-order valence-electron chi connectivity index (χ1n) is 12.2. The fourth-order valence-electron chi connectivity index (χ4n) is 4.90. The van der Waals surface area contributed by atoms with Gasteiger partial charge < -0.3 is 19.3 Å². The monoisotopic (exact) mass is 509 g/mol. The summed E-state index contributed by atoms with van der Waals surface area (Å²) in [4.78, 5) is 28.6. The Labute approximate surface area is 220 Å². The van der Waals surface area contributed by atoms with Gasteiger partial charge >= 0.3 is 0 Å². The Kier molecular flexibility index (Phi) is 6.75. The minimum atomic E-state index is -0.925. The van der Waals surface area contributed by atoms with E-state index in [1.165, 1.54) is 19.1 Å². The van der Waals surface area contributed by atoms with Gasteiger partial charge in [0.2, 0.25) is 0 Å². The molecule has 1 atom stereocenters. The van der Waals surface area contributed by atoms with Crippen LogP contribution in [0.2, 0.25) is 0 Å². The number of Topliss-reactive ketones (excluding diaryl/α,β-unsaturated/α-hetero) is 1. The summed E-state index contributed by atoms with van der Waals surface area (Å²) in [5.74, 6) is -0.280. The minimum absolute atomic E-state index is 0.0135. The summed E-state index contributed by atoms with van der Waals surface area (Å²) in [7, 11) is 3.05. The van der Waals surface area contributed by atoms with Gasteiger partial charge in [-0.05, 0) is 47.5 Å². The van der Waals surface area contributed by atoms with Crippen LogP contribution in [0.15, 0.2) is 90.5 Å². The second-order valence-electron chi connectivity index (χ2n) is 8.74. The second-order valence-corrected chi connectivity index (χ2v) is 8.74. The van der Waals surface area contributed by atoms with Gasteiger partial charge in [0, 0.05) is 17.3 Å². The molecule has 1 aliphatic heterocycles. The zero-order chi connectivity index (χ0) is 26.8. The molecule has 192 valence electrons. The summed E-state index contributed by atoms with van der Waals surface area (Å²) in [6.45, 7) is 2.31. The summed E-state index contributed by atoms with van der Waals surface area (Å²) in [5, 5.41) is 13.3. The van der Waals surface area contributed by atoms with E-state index in [0.717, 1.165) is 10.8 Å². The number of methoxy groups -OCH3 is 2. The number of carbonyl (C=O) groups is 2. The Morgan fingerprint density at radius 1 is 0.868 bits per heavy atom. The Hall–Kier alpha value is -4.78. The first-order chi connectivity index (χ1) is 18.5. The lowest BCUT2D eigenvalue weighted by Crippen LogP contribution is -2.29. The highest BCUT2D eigenvalue weighted by Crippen LogP contribution is 2.45. The van der Waals surface area contributed by atoms with E-state index in [1.807, 2.05) is 43.3 Å². The van der Waals surface area contributed by atoms with E-state index in [-0.39, 0.29) is 11.3 Å². The maximum Gasteiger partial charge on any atom is 0.300 e. The fourth-order valence-corrected chi connectivity index (χ4v) is 4.90. The molecule has 1 N–H and O–H groups in total. The molecule has 0 radical (unpaired) electrons. The van der Waals surface area contributed by atoms with Crippen LogP contribution >= 0.6 is 0 Å². The summed E-state index contributed by atoms with van der Waals surface area (Å²) in [6, 6.07) is 24.3. The third kappa shape index (κ3) is 4.22. The molecule has 0 saturated carbocycles. The predicted molar refractivity (Wildman–Crippen MR) is 146 cm³/mol. The first kappa shape index (κ1) is 24.9. The zero-order valence-corrected chi connectivity index (χ0v) is 21.3. The van der Waals surface area contributed by atoms with Gasteiger partial charge in [-0.1, -0.05) is 54.6 Å². The van der Waals surface area contributed by atoms with E-state index < -0.39 is 17.7 Å². The molecular weight excluding hydrogens is 482 g/mol. The lowest BCUT2D eigenvalue weighted by Gasteiger charge is -2.26. The van der Waals surface area contributed by atoms with Crippen LogP contribution < -0.4 is 19.1 Å². The molecular formula is C31H27NO6. The van der Waals surface area contributed by atoms with Gasteiger partial charge in [0.25, 0.3) is 11.7 Å². The van der Waals surface area contributed by atoms with Gasteiger partial charge in [0.05, 0.1) is 32.4 Å². The largest absolute Gasteiger partial charge is 0.507 e. The molecule has 1 saturated heterocycles. The molecule has 0 aromatic heterocycles. The summed E-state index contributed by atoms with van der Waals surface area (Å²) >= 11 is 0. The van der Waals surface area contributed by atoms with Crippen LogP contribution in [0.4, 0.5) is 5.69 Å². The van der Waals surface area contributed by atoms with E-state index in [9.17, 15) is 14.7 Å². The van der Waals surface area contributed by atoms with Crippen LogP contribution in [0.5, 0.6) is 17.2 Å². The highest BCUT2D eigenvalue weighted by atomic mass is 16.5. The summed E-state index contributed by atoms with van der Waals surface area (Å²) < 4.78 is 16.5. The Balaban J connectivity index is 1.77. The van der Waals surface area contributed by atoms with Crippen molar-refractivity contribution in [2.24, 2.45) is 0 Å². The second kappa shape index (κ2) is 10.3. The Bertz CT molecular complexity index is 1570. The lowest BCUT2D eigenvalue weighted by atomic mass is 9.93. The van der Waals surface area contributed by atoms with Crippen molar-refractivity contribution >= 4 is 33.9 Å². The number of nitrogens with zero attached hydrogens (tertiary/aromatic N) is 1.